The van der Waals surface area contributed by atoms with Crippen molar-refractivity contribution in [2.75, 3.05) is 24.5 Å². The summed E-state index contributed by atoms with van der Waals surface area (Å²) in [5.74, 6) is 0. The second-order valence-electron chi connectivity index (χ2n) is 6.82. The summed E-state index contributed by atoms with van der Waals surface area (Å²) in [5, 5.41) is 8.37. The molecule has 0 radical (unpaired) electrons. The van der Waals surface area contributed by atoms with E-state index < -0.39 is 0 Å². The lowest BCUT2D eigenvalue weighted by Crippen LogP contribution is -2.52. The third-order valence-corrected chi connectivity index (χ3v) is 4.89. The number of nitrogens with zero attached hydrogens (tertiary/aromatic N) is 3. The number of anilines is 1. The molecule has 2 fully saturated rings. The van der Waals surface area contributed by atoms with Gasteiger partial charge in [-0.05, 0) is 39.7 Å². The molecular formula is C16H28N4. The summed E-state index contributed by atoms with van der Waals surface area (Å²) in [7, 11) is 0. The van der Waals surface area contributed by atoms with Gasteiger partial charge in [-0.25, -0.2) is 0 Å². The van der Waals surface area contributed by atoms with E-state index in [1.54, 1.807) is 0 Å². The van der Waals surface area contributed by atoms with Crippen molar-refractivity contribution in [2.45, 2.75) is 64.0 Å². The van der Waals surface area contributed by atoms with E-state index in [0.29, 0.717) is 11.6 Å². The van der Waals surface area contributed by atoms with Crippen LogP contribution in [0.15, 0.2) is 12.4 Å². The van der Waals surface area contributed by atoms with Gasteiger partial charge < -0.3 is 10.2 Å². The zero-order valence-electron chi connectivity index (χ0n) is 12.9. The molecule has 4 nitrogen and oxygen atoms in total. The van der Waals surface area contributed by atoms with Crippen LogP contribution < -0.4 is 10.2 Å². The smallest absolute Gasteiger partial charge is 0.0753 e. The van der Waals surface area contributed by atoms with Gasteiger partial charge in [0, 0.05) is 30.9 Å². The Labute approximate surface area is 122 Å². The standard InChI is InChI=1S/C16H28N4/c1-14(2)20-12-15(11-18-20)19-10-6-9-17-16(13-19)7-4-3-5-8-16/h11-12,14,17H,3-10,13H2,1-2H3. The zero-order chi connectivity index (χ0) is 14.0. The van der Waals surface area contributed by atoms with Crippen molar-refractivity contribution < 1.29 is 0 Å². The zero-order valence-corrected chi connectivity index (χ0v) is 12.9. The van der Waals surface area contributed by atoms with Crippen LogP contribution in [0.4, 0.5) is 5.69 Å². The first-order valence-electron chi connectivity index (χ1n) is 8.23. The third-order valence-electron chi connectivity index (χ3n) is 4.89. The van der Waals surface area contributed by atoms with Gasteiger partial charge in [-0.15, -0.1) is 0 Å². The van der Waals surface area contributed by atoms with E-state index in [-0.39, 0.29) is 0 Å². The summed E-state index contributed by atoms with van der Waals surface area (Å²) in [6.45, 7) is 7.83. The molecule has 2 aliphatic rings. The SMILES string of the molecule is CC(C)n1cc(N2CCCNC3(CCCCC3)C2)cn1. The molecule has 0 aromatic carbocycles. The van der Waals surface area contributed by atoms with Gasteiger partial charge in [0.1, 0.15) is 0 Å². The molecule has 1 saturated carbocycles. The van der Waals surface area contributed by atoms with E-state index in [1.807, 2.05) is 6.20 Å². The summed E-state index contributed by atoms with van der Waals surface area (Å²) in [6, 6.07) is 0.442. The monoisotopic (exact) mass is 276 g/mol. The highest BCUT2D eigenvalue weighted by molar-refractivity contribution is 5.43. The summed E-state index contributed by atoms with van der Waals surface area (Å²) >= 11 is 0. The molecule has 1 spiro atoms. The first-order chi connectivity index (χ1) is 9.69. The van der Waals surface area contributed by atoms with Crippen LogP contribution in [0.3, 0.4) is 0 Å². The predicted molar refractivity (Wildman–Crippen MR) is 83.3 cm³/mol. The highest BCUT2D eigenvalue weighted by Gasteiger charge is 2.35. The van der Waals surface area contributed by atoms with E-state index in [1.165, 1.54) is 44.2 Å². The number of rotatable bonds is 2. The van der Waals surface area contributed by atoms with Crippen LogP contribution >= 0.6 is 0 Å². The first-order valence-corrected chi connectivity index (χ1v) is 8.23. The van der Waals surface area contributed by atoms with Crippen molar-refractivity contribution in [3.05, 3.63) is 12.4 Å². The normalized spacial score (nSPS) is 23.2. The van der Waals surface area contributed by atoms with Gasteiger partial charge in [-0.2, -0.15) is 5.10 Å². The molecule has 0 bridgehead atoms. The van der Waals surface area contributed by atoms with Crippen molar-refractivity contribution in [3.8, 4) is 0 Å². The van der Waals surface area contributed by atoms with Crippen molar-refractivity contribution in [1.82, 2.24) is 15.1 Å². The van der Waals surface area contributed by atoms with Crippen LogP contribution in [0.25, 0.3) is 0 Å². The molecule has 2 heterocycles. The maximum atomic E-state index is 4.51. The molecule has 1 N–H and O–H groups in total. The van der Waals surface area contributed by atoms with Crippen LogP contribution in [0, 0.1) is 0 Å². The van der Waals surface area contributed by atoms with E-state index in [4.69, 9.17) is 0 Å². The summed E-state index contributed by atoms with van der Waals surface area (Å²) in [5.41, 5.74) is 1.65. The molecule has 1 aliphatic carbocycles. The average Bonchev–Trinajstić information content (AvgIpc) is 2.86. The maximum absolute atomic E-state index is 4.51. The lowest BCUT2D eigenvalue weighted by molar-refractivity contribution is 0.246. The molecule has 112 valence electrons. The topological polar surface area (TPSA) is 33.1 Å². The summed E-state index contributed by atoms with van der Waals surface area (Å²) in [4.78, 5) is 2.55. The maximum Gasteiger partial charge on any atom is 0.0753 e. The van der Waals surface area contributed by atoms with Gasteiger partial charge in [0.15, 0.2) is 0 Å². The Morgan fingerprint density at radius 1 is 1.20 bits per heavy atom. The minimum absolute atomic E-state index is 0.356. The van der Waals surface area contributed by atoms with E-state index in [9.17, 15) is 0 Å². The molecule has 1 saturated heterocycles. The van der Waals surface area contributed by atoms with Gasteiger partial charge in [0.25, 0.3) is 0 Å². The van der Waals surface area contributed by atoms with Crippen LogP contribution in [-0.4, -0.2) is 35.0 Å². The molecular weight excluding hydrogens is 248 g/mol. The average molecular weight is 276 g/mol. The lowest BCUT2D eigenvalue weighted by Gasteiger charge is -2.40. The fourth-order valence-electron chi connectivity index (χ4n) is 3.68. The minimum atomic E-state index is 0.356. The Hall–Kier alpha value is -1.03. The van der Waals surface area contributed by atoms with Gasteiger partial charge in [-0.3, -0.25) is 4.68 Å². The predicted octanol–water partition coefficient (Wildman–Crippen LogP) is 2.97. The van der Waals surface area contributed by atoms with Crippen LogP contribution in [0.2, 0.25) is 0 Å². The molecule has 20 heavy (non-hydrogen) atoms. The van der Waals surface area contributed by atoms with Gasteiger partial charge >= 0.3 is 0 Å². The molecule has 3 rings (SSSR count). The second kappa shape index (κ2) is 5.76. The second-order valence-corrected chi connectivity index (χ2v) is 6.82. The van der Waals surface area contributed by atoms with Gasteiger partial charge in [0.2, 0.25) is 0 Å². The Balaban J connectivity index is 1.77. The number of nitrogens with one attached hydrogen (secondary N) is 1. The molecule has 0 unspecified atom stereocenters. The van der Waals surface area contributed by atoms with Crippen LogP contribution in [0.1, 0.15) is 58.4 Å². The molecule has 1 aromatic heterocycles. The molecule has 0 amide bonds. The van der Waals surface area contributed by atoms with Crippen molar-refractivity contribution in [1.29, 1.82) is 0 Å². The van der Waals surface area contributed by atoms with Crippen molar-refractivity contribution >= 4 is 5.69 Å². The Morgan fingerprint density at radius 3 is 2.70 bits per heavy atom. The fraction of sp³-hybridized carbons (Fsp3) is 0.812. The molecule has 0 atom stereocenters. The van der Waals surface area contributed by atoms with Crippen LogP contribution in [-0.2, 0) is 0 Å². The molecule has 1 aliphatic heterocycles. The first kappa shape index (κ1) is 13.9. The molecule has 1 aromatic rings. The highest BCUT2D eigenvalue weighted by Crippen LogP contribution is 2.32. The minimum Gasteiger partial charge on any atom is -0.367 e. The van der Waals surface area contributed by atoms with Gasteiger partial charge in [-0.1, -0.05) is 19.3 Å². The number of hydrogen-bond acceptors (Lipinski definition) is 3. The quantitative estimate of drug-likeness (QED) is 0.901. The number of hydrogen-bond donors (Lipinski definition) is 1. The Kier molecular flexibility index (Phi) is 4.01. The van der Waals surface area contributed by atoms with Crippen molar-refractivity contribution in [2.24, 2.45) is 0 Å². The van der Waals surface area contributed by atoms with Crippen molar-refractivity contribution in [3.63, 3.8) is 0 Å². The lowest BCUT2D eigenvalue weighted by atomic mass is 9.81. The fourth-order valence-corrected chi connectivity index (χ4v) is 3.68. The summed E-state index contributed by atoms with van der Waals surface area (Å²) < 4.78 is 2.07. The Morgan fingerprint density at radius 2 is 2.00 bits per heavy atom. The van der Waals surface area contributed by atoms with E-state index in [2.05, 4.69) is 40.0 Å². The largest absolute Gasteiger partial charge is 0.367 e. The highest BCUT2D eigenvalue weighted by atomic mass is 15.3. The van der Waals surface area contributed by atoms with Crippen LogP contribution in [0.5, 0.6) is 0 Å². The molecule has 4 heteroatoms. The Bertz CT molecular complexity index is 431. The van der Waals surface area contributed by atoms with E-state index in [0.717, 1.165) is 19.6 Å². The van der Waals surface area contributed by atoms with Gasteiger partial charge in [0.05, 0.1) is 11.9 Å². The summed E-state index contributed by atoms with van der Waals surface area (Å²) in [6.07, 6.45) is 12.3. The van der Waals surface area contributed by atoms with E-state index >= 15 is 0 Å². The third kappa shape index (κ3) is 2.85. The number of aromatic nitrogens is 2.